The van der Waals surface area contributed by atoms with Crippen LogP contribution in [-0.2, 0) is 17.8 Å². The van der Waals surface area contributed by atoms with E-state index < -0.39 is 0 Å². The number of nitrogens with one attached hydrogen (secondary N) is 1. The highest BCUT2D eigenvalue weighted by atomic mass is 16.5. The number of hydrogen-bond donors (Lipinski definition) is 1. The molecule has 0 amide bonds. The largest absolute Gasteiger partial charge is 0.381 e. The molecule has 1 fully saturated rings. The molecule has 0 saturated carbocycles. The van der Waals surface area contributed by atoms with E-state index in [-0.39, 0.29) is 0 Å². The lowest BCUT2D eigenvalue weighted by atomic mass is 9.86. The van der Waals surface area contributed by atoms with Crippen molar-refractivity contribution in [3.8, 4) is 0 Å². The molecule has 0 radical (unpaired) electrons. The first-order valence-corrected chi connectivity index (χ1v) is 7.77. The Balaban J connectivity index is 1.63. The molecule has 3 heteroatoms. The van der Waals surface area contributed by atoms with Gasteiger partial charge in [-0.1, -0.05) is 38.1 Å². The molecule has 0 aromatic heterocycles. The fraction of sp³-hybridized carbons (Fsp3) is 0.647. The molecule has 0 aliphatic carbocycles. The van der Waals surface area contributed by atoms with Crippen LogP contribution < -0.4 is 5.32 Å². The van der Waals surface area contributed by atoms with Crippen LogP contribution in [0, 0.1) is 5.41 Å². The van der Waals surface area contributed by atoms with Gasteiger partial charge < -0.3 is 10.1 Å². The molecule has 110 valence electrons. The summed E-state index contributed by atoms with van der Waals surface area (Å²) in [5, 5.41) is 3.62. The van der Waals surface area contributed by atoms with Gasteiger partial charge in [0.2, 0.25) is 0 Å². The van der Waals surface area contributed by atoms with E-state index in [9.17, 15) is 0 Å². The second kappa shape index (κ2) is 5.84. The number of hydrogen-bond acceptors (Lipinski definition) is 3. The lowest BCUT2D eigenvalue weighted by molar-refractivity contribution is 0.106. The van der Waals surface area contributed by atoms with Gasteiger partial charge in [0, 0.05) is 44.2 Å². The van der Waals surface area contributed by atoms with Crippen molar-refractivity contribution >= 4 is 0 Å². The van der Waals surface area contributed by atoms with E-state index in [1.165, 1.54) is 17.5 Å². The monoisotopic (exact) mass is 274 g/mol. The summed E-state index contributed by atoms with van der Waals surface area (Å²) < 4.78 is 5.71. The van der Waals surface area contributed by atoms with Crippen LogP contribution in [-0.4, -0.2) is 37.2 Å². The summed E-state index contributed by atoms with van der Waals surface area (Å²) >= 11 is 0. The van der Waals surface area contributed by atoms with Gasteiger partial charge in [-0.3, -0.25) is 4.90 Å². The highest BCUT2D eigenvalue weighted by molar-refractivity contribution is 5.30. The number of rotatable bonds is 5. The zero-order valence-corrected chi connectivity index (χ0v) is 12.7. The average Bonchev–Trinajstić information content (AvgIpc) is 3.03. The third-order valence-electron chi connectivity index (χ3n) is 4.54. The molecule has 1 aromatic rings. The van der Waals surface area contributed by atoms with Crippen LogP contribution in [0.5, 0.6) is 0 Å². The molecule has 2 aliphatic rings. The van der Waals surface area contributed by atoms with Crippen LogP contribution >= 0.6 is 0 Å². The molecular formula is C17H26N2O. The molecule has 1 aromatic carbocycles. The molecule has 3 nitrogen and oxygen atoms in total. The van der Waals surface area contributed by atoms with Gasteiger partial charge in [0.15, 0.2) is 0 Å². The zero-order valence-electron chi connectivity index (χ0n) is 12.7. The highest BCUT2D eigenvalue weighted by Crippen LogP contribution is 2.32. The van der Waals surface area contributed by atoms with Crippen molar-refractivity contribution in [2.24, 2.45) is 5.41 Å². The molecule has 2 aliphatic heterocycles. The maximum Gasteiger partial charge on any atom is 0.0547 e. The van der Waals surface area contributed by atoms with Crippen LogP contribution in [0.3, 0.4) is 0 Å². The minimum atomic E-state index is 0.298. The minimum absolute atomic E-state index is 0.298. The Morgan fingerprint density at radius 3 is 2.50 bits per heavy atom. The summed E-state index contributed by atoms with van der Waals surface area (Å²) in [6, 6.07) is 9.37. The Labute approximate surface area is 122 Å². The number of ether oxygens (including phenoxy) is 1. The van der Waals surface area contributed by atoms with Gasteiger partial charge in [-0.2, -0.15) is 0 Å². The zero-order chi connectivity index (χ0) is 14.0. The summed E-state index contributed by atoms with van der Waals surface area (Å²) in [5.41, 5.74) is 3.29. The smallest absolute Gasteiger partial charge is 0.0547 e. The van der Waals surface area contributed by atoms with Crippen molar-refractivity contribution in [1.82, 2.24) is 10.2 Å². The summed E-state index contributed by atoms with van der Waals surface area (Å²) in [4.78, 5) is 2.58. The van der Waals surface area contributed by atoms with Crippen molar-refractivity contribution in [2.75, 3.05) is 26.3 Å². The molecule has 0 bridgehead atoms. The molecule has 1 N–H and O–H groups in total. The molecule has 2 heterocycles. The highest BCUT2D eigenvalue weighted by Gasteiger charge is 2.37. The fourth-order valence-electron chi connectivity index (χ4n) is 3.38. The van der Waals surface area contributed by atoms with Gasteiger partial charge in [0.05, 0.1) is 6.61 Å². The average molecular weight is 274 g/mol. The number of fused-ring (bicyclic) bond motifs is 1. The predicted octanol–water partition coefficient (Wildman–Crippen LogP) is 2.41. The van der Waals surface area contributed by atoms with E-state index >= 15 is 0 Å². The van der Waals surface area contributed by atoms with Crippen LogP contribution in [0.25, 0.3) is 0 Å². The summed E-state index contributed by atoms with van der Waals surface area (Å²) in [6.07, 6.45) is 1.18. The fourth-order valence-corrected chi connectivity index (χ4v) is 3.38. The van der Waals surface area contributed by atoms with Crippen molar-refractivity contribution in [3.05, 3.63) is 35.4 Å². The molecular weight excluding hydrogens is 248 g/mol. The van der Waals surface area contributed by atoms with E-state index in [0.717, 1.165) is 39.4 Å². The molecule has 1 unspecified atom stereocenters. The van der Waals surface area contributed by atoms with E-state index in [4.69, 9.17) is 4.74 Å². The maximum atomic E-state index is 5.71. The summed E-state index contributed by atoms with van der Waals surface area (Å²) in [5.74, 6) is 0. The topological polar surface area (TPSA) is 24.5 Å². The van der Waals surface area contributed by atoms with Crippen LogP contribution in [0.15, 0.2) is 24.3 Å². The lowest BCUT2D eigenvalue weighted by Gasteiger charge is -2.33. The predicted molar refractivity (Wildman–Crippen MR) is 81.6 cm³/mol. The lowest BCUT2D eigenvalue weighted by Crippen LogP contribution is -2.45. The molecule has 1 atom stereocenters. The van der Waals surface area contributed by atoms with Crippen molar-refractivity contribution in [2.45, 2.75) is 39.4 Å². The van der Waals surface area contributed by atoms with Gasteiger partial charge in [0.1, 0.15) is 0 Å². The van der Waals surface area contributed by atoms with Gasteiger partial charge >= 0.3 is 0 Å². The van der Waals surface area contributed by atoms with Crippen LogP contribution in [0.4, 0.5) is 0 Å². The molecule has 0 spiro atoms. The molecule has 20 heavy (non-hydrogen) atoms. The summed E-state index contributed by atoms with van der Waals surface area (Å²) in [6.45, 7) is 10.7. The van der Waals surface area contributed by atoms with Crippen LogP contribution in [0.1, 0.15) is 31.4 Å². The van der Waals surface area contributed by atoms with Gasteiger partial charge in [-0.25, -0.2) is 0 Å². The number of benzene rings is 1. The Kier molecular flexibility index (Phi) is 4.11. The Hall–Kier alpha value is -0.900. The SMILES string of the molecule is CC(C)NCC1(CN2Cc3ccccc3C2)CCOC1. The Bertz CT molecular complexity index is 427. The van der Waals surface area contributed by atoms with Gasteiger partial charge in [0.25, 0.3) is 0 Å². The van der Waals surface area contributed by atoms with Gasteiger partial charge in [-0.15, -0.1) is 0 Å². The quantitative estimate of drug-likeness (QED) is 0.892. The Morgan fingerprint density at radius 2 is 1.95 bits per heavy atom. The van der Waals surface area contributed by atoms with Crippen molar-refractivity contribution < 1.29 is 4.74 Å². The minimum Gasteiger partial charge on any atom is -0.381 e. The summed E-state index contributed by atoms with van der Waals surface area (Å²) in [7, 11) is 0. The first kappa shape index (κ1) is 14.1. The van der Waals surface area contributed by atoms with Crippen molar-refractivity contribution in [1.29, 1.82) is 0 Å². The normalized spacial score (nSPS) is 26.4. The molecule has 1 saturated heterocycles. The van der Waals surface area contributed by atoms with Crippen molar-refractivity contribution in [3.63, 3.8) is 0 Å². The maximum absolute atomic E-state index is 5.71. The van der Waals surface area contributed by atoms with Gasteiger partial charge in [-0.05, 0) is 17.5 Å². The van der Waals surface area contributed by atoms with E-state index in [1.54, 1.807) is 0 Å². The first-order chi connectivity index (χ1) is 9.67. The van der Waals surface area contributed by atoms with E-state index in [2.05, 4.69) is 48.3 Å². The van der Waals surface area contributed by atoms with E-state index in [1.807, 2.05) is 0 Å². The first-order valence-electron chi connectivity index (χ1n) is 7.77. The van der Waals surface area contributed by atoms with Crippen LogP contribution in [0.2, 0.25) is 0 Å². The standard InChI is InChI=1S/C17H26N2O/c1-14(2)18-11-17(7-8-20-13-17)12-19-9-15-5-3-4-6-16(15)10-19/h3-6,14,18H,7-13H2,1-2H3. The number of nitrogens with zero attached hydrogens (tertiary/aromatic N) is 1. The second-order valence-corrected chi connectivity index (χ2v) is 6.75. The third-order valence-corrected chi connectivity index (χ3v) is 4.54. The van der Waals surface area contributed by atoms with E-state index in [0.29, 0.717) is 11.5 Å². The third kappa shape index (κ3) is 3.05. The second-order valence-electron chi connectivity index (χ2n) is 6.75. The molecule has 3 rings (SSSR count). The Morgan fingerprint density at radius 1 is 1.25 bits per heavy atom.